The molecule has 2 heterocycles. The van der Waals surface area contributed by atoms with E-state index in [0.717, 1.165) is 56.7 Å². The van der Waals surface area contributed by atoms with Crippen LogP contribution in [0.4, 0.5) is 0 Å². The van der Waals surface area contributed by atoms with Crippen molar-refractivity contribution in [3.63, 3.8) is 0 Å². The Balaban J connectivity index is 1.74. The van der Waals surface area contributed by atoms with Gasteiger partial charge in [-0.15, -0.1) is 11.3 Å². The van der Waals surface area contributed by atoms with Crippen LogP contribution in [0.25, 0.3) is 0 Å². The van der Waals surface area contributed by atoms with Gasteiger partial charge in [0.15, 0.2) is 0 Å². The summed E-state index contributed by atoms with van der Waals surface area (Å²) in [5, 5.41) is 73.0. The summed E-state index contributed by atoms with van der Waals surface area (Å²) in [5.74, 6) is -2.51. The number of aromatic nitrogens is 1. The molecule has 0 spiro atoms. The Labute approximate surface area is 339 Å². The van der Waals surface area contributed by atoms with Crippen molar-refractivity contribution in [1.82, 2.24) is 20.5 Å². The molecule has 15 heteroatoms. The van der Waals surface area contributed by atoms with Crippen LogP contribution in [-0.4, -0.2) is 141 Å². The number of cyclic esters (lactones) is 1. The second kappa shape index (κ2) is 23.1. The van der Waals surface area contributed by atoms with E-state index in [1.807, 2.05) is 37.5 Å². The molecule has 0 bridgehead atoms. The number of aliphatic hydroxyl groups is 5. The van der Waals surface area contributed by atoms with E-state index in [2.05, 4.69) is 27.7 Å². The van der Waals surface area contributed by atoms with E-state index in [1.165, 1.54) is 6.92 Å². The number of carbonyl (C=O) groups is 1. The highest BCUT2D eigenvalue weighted by Crippen LogP contribution is 2.38. The van der Waals surface area contributed by atoms with Gasteiger partial charge in [0.1, 0.15) is 23.3 Å². The van der Waals surface area contributed by atoms with Crippen molar-refractivity contribution in [2.45, 2.75) is 167 Å². The van der Waals surface area contributed by atoms with Crippen molar-refractivity contribution in [3.05, 3.63) is 16.6 Å². The van der Waals surface area contributed by atoms with Crippen molar-refractivity contribution in [3.8, 4) is 0 Å². The highest BCUT2D eigenvalue weighted by atomic mass is 32.1. The van der Waals surface area contributed by atoms with Crippen LogP contribution in [0.3, 0.4) is 0 Å². The van der Waals surface area contributed by atoms with Crippen molar-refractivity contribution in [1.29, 1.82) is 0 Å². The molecule has 1 aromatic heterocycles. The van der Waals surface area contributed by atoms with Gasteiger partial charge in [0, 0.05) is 48.5 Å². The third-order valence-electron chi connectivity index (χ3n) is 11.9. The zero-order valence-electron chi connectivity index (χ0n) is 35.5. The lowest BCUT2D eigenvalue weighted by Gasteiger charge is -2.47. The highest BCUT2D eigenvalue weighted by molar-refractivity contribution is 7.09. The number of nitrogens with one attached hydrogen (secondary N) is 2. The van der Waals surface area contributed by atoms with E-state index in [0.29, 0.717) is 18.7 Å². The average molecular weight is 814 g/mol. The minimum Gasteiger partial charge on any atom is -0.459 e. The molecule has 1 unspecified atom stereocenters. The number of likely N-dealkylation sites (N-methyl/N-ethyl adjacent to an activating group) is 1. The maximum Gasteiger partial charge on any atom is 0.308 e. The third-order valence-corrected chi connectivity index (χ3v) is 12.7. The van der Waals surface area contributed by atoms with Crippen LogP contribution in [0.15, 0.2) is 16.7 Å². The molecule has 3 rings (SSSR count). The Morgan fingerprint density at radius 3 is 2.32 bits per heavy atom. The molecular weight excluding hydrogens is 739 g/mol. The molecule has 0 radical (unpaired) electrons. The van der Waals surface area contributed by atoms with Crippen molar-refractivity contribution in [2.24, 2.45) is 28.8 Å². The molecule has 1 saturated carbocycles. The Morgan fingerprint density at radius 1 is 1.02 bits per heavy atom. The van der Waals surface area contributed by atoms with Gasteiger partial charge in [-0.25, -0.2) is 4.98 Å². The number of esters is 1. The monoisotopic (exact) mass is 814 g/mol. The van der Waals surface area contributed by atoms with Crippen LogP contribution >= 0.6 is 11.3 Å². The van der Waals surface area contributed by atoms with Crippen LogP contribution in [0.5, 0.6) is 0 Å². The second-order valence-corrected chi connectivity index (χ2v) is 18.2. The summed E-state index contributed by atoms with van der Waals surface area (Å²) in [6, 6.07) is -0.153. The Kier molecular flexibility index (Phi) is 20.1. The molecule has 7 N–H and O–H groups in total. The fourth-order valence-electron chi connectivity index (χ4n) is 8.56. The SMILES string of the molecule is CC[C@H]1OC(=O)C[C@@H](O)[C@H](C)[C@@H](O[C@@H]2C[C@H](C)C[C@H](N(C)C)C2O)[C@](C)(O)C[C@@H](C)/C(=N\OCCNCCCCCCNCc2nccs2)[C@H](C)[C@@H](O)[C@]1(C)O. The van der Waals surface area contributed by atoms with Gasteiger partial charge in [-0.2, -0.15) is 0 Å². The van der Waals surface area contributed by atoms with E-state index in [-0.39, 0.29) is 31.4 Å². The number of nitrogens with zero attached hydrogens (tertiary/aromatic N) is 3. The summed E-state index contributed by atoms with van der Waals surface area (Å²) >= 11 is 1.66. The summed E-state index contributed by atoms with van der Waals surface area (Å²) in [7, 11) is 3.84. The largest absolute Gasteiger partial charge is 0.459 e. The lowest BCUT2D eigenvalue weighted by Crippen LogP contribution is -2.58. The summed E-state index contributed by atoms with van der Waals surface area (Å²) < 4.78 is 12.4. The lowest BCUT2D eigenvalue weighted by molar-refractivity contribution is -0.207. The van der Waals surface area contributed by atoms with Gasteiger partial charge in [0.05, 0.1) is 48.3 Å². The number of rotatable bonds is 17. The predicted octanol–water partition coefficient (Wildman–Crippen LogP) is 3.48. The Morgan fingerprint density at radius 2 is 1.70 bits per heavy atom. The van der Waals surface area contributed by atoms with Gasteiger partial charge in [-0.05, 0) is 85.5 Å². The van der Waals surface area contributed by atoms with E-state index in [9.17, 15) is 30.3 Å². The molecule has 2 fully saturated rings. The van der Waals surface area contributed by atoms with Gasteiger partial charge in [-0.3, -0.25) is 4.79 Å². The molecule has 56 heavy (non-hydrogen) atoms. The predicted molar refractivity (Wildman–Crippen MR) is 219 cm³/mol. The molecule has 0 aromatic carbocycles. The number of unbranched alkanes of at least 4 members (excludes halogenated alkanes) is 3. The first-order chi connectivity index (χ1) is 26.4. The van der Waals surface area contributed by atoms with Gasteiger partial charge in [0.2, 0.25) is 0 Å². The first-order valence-electron chi connectivity index (χ1n) is 20.9. The number of hydrogen-bond acceptors (Lipinski definition) is 15. The summed E-state index contributed by atoms with van der Waals surface area (Å²) in [6.45, 7) is 15.7. The first kappa shape index (κ1) is 48.6. The molecule has 324 valence electrons. The molecule has 13 atom stereocenters. The molecule has 2 aliphatic rings. The minimum atomic E-state index is -1.87. The van der Waals surface area contributed by atoms with Crippen LogP contribution < -0.4 is 10.6 Å². The molecule has 14 nitrogen and oxygen atoms in total. The molecule has 1 aromatic rings. The Bertz CT molecular complexity index is 1300. The lowest BCUT2D eigenvalue weighted by atomic mass is 9.74. The van der Waals surface area contributed by atoms with E-state index in [4.69, 9.17) is 14.3 Å². The van der Waals surface area contributed by atoms with Crippen LogP contribution in [0.2, 0.25) is 0 Å². The number of ether oxygens (including phenoxy) is 2. The third kappa shape index (κ3) is 14.2. The molecule has 1 aliphatic carbocycles. The van der Waals surface area contributed by atoms with Gasteiger partial charge in [-0.1, -0.05) is 52.6 Å². The first-order valence-corrected chi connectivity index (χ1v) is 21.8. The molecular formula is C41H75N5O9S. The fourth-order valence-corrected chi connectivity index (χ4v) is 9.15. The van der Waals surface area contributed by atoms with Gasteiger partial charge >= 0.3 is 5.97 Å². The van der Waals surface area contributed by atoms with E-state index < -0.39 is 78.0 Å². The molecule has 1 aliphatic heterocycles. The Hall–Kier alpha value is -1.79. The zero-order chi connectivity index (χ0) is 41.6. The quantitative estimate of drug-likeness (QED) is 0.0687. The number of aliphatic hydroxyl groups excluding tert-OH is 3. The summed E-state index contributed by atoms with van der Waals surface area (Å²) in [4.78, 5) is 25.3. The minimum absolute atomic E-state index is 0.0892. The smallest absolute Gasteiger partial charge is 0.308 e. The topological polar surface area (TPSA) is 198 Å². The van der Waals surface area contributed by atoms with Crippen molar-refractivity contribution in [2.75, 3.05) is 40.3 Å². The van der Waals surface area contributed by atoms with E-state index in [1.54, 1.807) is 39.0 Å². The van der Waals surface area contributed by atoms with Gasteiger partial charge < -0.3 is 55.4 Å². The maximum atomic E-state index is 13.2. The number of oxime groups is 1. The fraction of sp³-hybridized carbons (Fsp3) is 0.878. The number of carbonyl (C=O) groups excluding carboxylic acids is 1. The van der Waals surface area contributed by atoms with Crippen LogP contribution in [0.1, 0.15) is 111 Å². The molecule has 1 saturated heterocycles. The maximum absolute atomic E-state index is 13.2. The molecule has 0 amide bonds. The zero-order valence-corrected chi connectivity index (χ0v) is 36.3. The van der Waals surface area contributed by atoms with Crippen molar-refractivity contribution >= 4 is 23.0 Å². The highest BCUT2D eigenvalue weighted by Gasteiger charge is 2.49. The summed E-state index contributed by atoms with van der Waals surface area (Å²) in [5.41, 5.74) is -3.04. The van der Waals surface area contributed by atoms with Gasteiger partial charge in [0.25, 0.3) is 0 Å². The average Bonchev–Trinajstić information content (AvgIpc) is 3.66. The number of hydrogen-bond donors (Lipinski definition) is 7. The van der Waals surface area contributed by atoms with Crippen LogP contribution in [-0.2, 0) is 25.7 Å². The second-order valence-electron chi connectivity index (χ2n) is 17.2. The standard InChI is InChI=1S/C41H75N5O9S/c1-10-33-41(7,52)38(50)29(5)36(45-53-19-17-42-15-13-11-12-14-16-43-25-34-44-18-20-56-34)27(3)24-40(6,51)39(28(4)31(47)23-35(48)55-33)54-32-22-26(2)21-30(37(32)49)46(8)9/h18,20,26-33,37-39,42-43,47,49-52H,10-17,19,21-25H2,1-9H3/b45-36+/t26-,27-,28+,29+,30+,31-,32-,33-,37?,38-,39-,40-,41-/m1/s1. The van der Waals surface area contributed by atoms with Crippen molar-refractivity contribution < 1.29 is 44.6 Å². The van der Waals surface area contributed by atoms with Crippen LogP contribution in [0, 0.1) is 23.7 Å². The summed E-state index contributed by atoms with van der Waals surface area (Å²) in [6.07, 6.45) is 1.27. The normalized spacial score (nSPS) is 37.4. The number of thiazole rings is 1. The van der Waals surface area contributed by atoms with E-state index >= 15 is 0 Å².